The molecule has 2 aromatic rings. The van der Waals surface area contributed by atoms with E-state index in [2.05, 4.69) is 21.2 Å². The Hall–Kier alpha value is -2.27. The quantitative estimate of drug-likeness (QED) is 0.843. The van der Waals surface area contributed by atoms with E-state index in [9.17, 15) is 4.79 Å². The molecule has 0 unspecified atom stereocenters. The number of carbonyl (C=O) groups is 1. The molecule has 1 N–H and O–H groups in total. The number of nitrogens with one attached hydrogen (secondary N) is 1. The number of carbonyl (C=O) groups excluding carboxylic acids is 1. The summed E-state index contributed by atoms with van der Waals surface area (Å²) in [4.78, 5) is 12.2. The Balaban J connectivity index is 2.06. The first-order valence-electron chi connectivity index (χ1n) is 6.67. The van der Waals surface area contributed by atoms with Crippen LogP contribution in [0.25, 0.3) is 11.6 Å². The summed E-state index contributed by atoms with van der Waals surface area (Å²) in [7, 11) is 3.18. The van der Waals surface area contributed by atoms with Crippen molar-refractivity contribution in [2.24, 2.45) is 0 Å². The lowest BCUT2D eigenvalue weighted by Crippen LogP contribution is -2.03. The molecule has 0 spiro atoms. The van der Waals surface area contributed by atoms with Gasteiger partial charge in [-0.1, -0.05) is 22.0 Å². The van der Waals surface area contributed by atoms with Crippen LogP contribution in [0.2, 0.25) is 0 Å². The first-order valence-corrected chi connectivity index (χ1v) is 7.46. The van der Waals surface area contributed by atoms with Crippen LogP contribution >= 0.6 is 15.9 Å². The van der Waals surface area contributed by atoms with Gasteiger partial charge in [0.25, 0.3) is 5.91 Å². The van der Waals surface area contributed by atoms with Crippen LogP contribution in [0.15, 0.2) is 40.9 Å². The van der Waals surface area contributed by atoms with Gasteiger partial charge in [0.1, 0.15) is 0 Å². The zero-order valence-electron chi connectivity index (χ0n) is 12.1. The molecule has 5 heteroatoms. The Morgan fingerprint density at radius 1 is 1.05 bits per heavy atom. The first kappa shape index (κ1) is 14.7. The maximum absolute atomic E-state index is 12.2. The third-order valence-electron chi connectivity index (χ3n) is 3.48. The van der Waals surface area contributed by atoms with E-state index in [-0.39, 0.29) is 5.91 Å². The zero-order valence-corrected chi connectivity index (χ0v) is 13.7. The number of ether oxygens (including phenoxy) is 2. The van der Waals surface area contributed by atoms with Crippen LogP contribution in [0.3, 0.4) is 0 Å². The van der Waals surface area contributed by atoms with Crippen molar-refractivity contribution in [3.63, 3.8) is 0 Å². The molecule has 0 bridgehead atoms. The molecule has 3 rings (SSSR count). The van der Waals surface area contributed by atoms with Crippen LogP contribution in [0, 0.1) is 0 Å². The Morgan fingerprint density at radius 2 is 1.82 bits per heavy atom. The molecule has 112 valence electrons. The molecule has 4 nitrogen and oxygen atoms in total. The molecule has 0 saturated carbocycles. The third kappa shape index (κ3) is 2.60. The number of hydrogen-bond acceptors (Lipinski definition) is 3. The van der Waals surface area contributed by atoms with E-state index in [0.29, 0.717) is 17.1 Å². The summed E-state index contributed by atoms with van der Waals surface area (Å²) in [5.74, 6) is 1.18. The minimum absolute atomic E-state index is 0.108. The number of benzene rings is 2. The summed E-state index contributed by atoms with van der Waals surface area (Å²) in [6.45, 7) is 0. The van der Waals surface area contributed by atoms with Crippen molar-refractivity contribution in [2.75, 3.05) is 19.5 Å². The van der Waals surface area contributed by atoms with Gasteiger partial charge in [0.15, 0.2) is 11.5 Å². The van der Waals surface area contributed by atoms with Crippen LogP contribution in [-0.2, 0) is 4.79 Å². The van der Waals surface area contributed by atoms with Gasteiger partial charge in [-0.15, -0.1) is 0 Å². The number of hydrogen-bond donors (Lipinski definition) is 1. The van der Waals surface area contributed by atoms with Gasteiger partial charge in [-0.3, -0.25) is 4.79 Å². The molecule has 0 atom stereocenters. The van der Waals surface area contributed by atoms with E-state index in [4.69, 9.17) is 9.47 Å². The number of rotatable bonds is 3. The number of amides is 1. The largest absolute Gasteiger partial charge is 0.493 e. The van der Waals surface area contributed by atoms with Crippen LogP contribution in [0.5, 0.6) is 11.5 Å². The molecule has 0 saturated heterocycles. The predicted molar refractivity (Wildman–Crippen MR) is 90.2 cm³/mol. The highest BCUT2D eigenvalue weighted by atomic mass is 79.9. The molecule has 1 aliphatic rings. The fraction of sp³-hybridized carbons (Fsp3) is 0.118. The van der Waals surface area contributed by atoms with Crippen molar-refractivity contribution in [1.82, 2.24) is 0 Å². The molecule has 0 aromatic heterocycles. The topological polar surface area (TPSA) is 47.6 Å². The van der Waals surface area contributed by atoms with Crippen molar-refractivity contribution < 1.29 is 14.3 Å². The van der Waals surface area contributed by atoms with Gasteiger partial charge in [0.05, 0.1) is 14.2 Å². The number of halogens is 1. The lowest BCUT2D eigenvalue weighted by atomic mass is 10.0. The van der Waals surface area contributed by atoms with Crippen LogP contribution in [-0.4, -0.2) is 20.1 Å². The average Bonchev–Trinajstić information content (AvgIpc) is 2.83. The number of methoxy groups -OCH3 is 2. The SMILES string of the molecule is COc1ccc(/C=C2/C(=O)Nc3ccc(Br)cc32)cc1OC. The summed E-state index contributed by atoms with van der Waals surface area (Å²) >= 11 is 3.44. The molecular formula is C17H14BrNO3. The lowest BCUT2D eigenvalue weighted by Gasteiger charge is -2.08. The average molecular weight is 360 g/mol. The molecule has 1 heterocycles. The van der Waals surface area contributed by atoms with Crippen molar-refractivity contribution in [3.8, 4) is 11.5 Å². The van der Waals surface area contributed by atoms with Crippen molar-refractivity contribution in [2.45, 2.75) is 0 Å². The second kappa shape index (κ2) is 5.85. The maximum atomic E-state index is 12.2. The Morgan fingerprint density at radius 3 is 2.55 bits per heavy atom. The fourth-order valence-corrected chi connectivity index (χ4v) is 2.77. The maximum Gasteiger partial charge on any atom is 0.256 e. The Kier molecular flexibility index (Phi) is 3.90. The second-order valence-corrected chi connectivity index (χ2v) is 5.73. The standard InChI is InChI=1S/C17H14BrNO3/c1-21-15-6-3-10(8-16(15)22-2)7-13-12-9-11(18)4-5-14(12)19-17(13)20/h3-9H,1-2H3,(H,19,20)/b13-7+. The van der Waals surface area contributed by atoms with Gasteiger partial charge in [-0.25, -0.2) is 0 Å². The highest BCUT2D eigenvalue weighted by molar-refractivity contribution is 9.10. The van der Waals surface area contributed by atoms with Gasteiger partial charge in [-0.2, -0.15) is 0 Å². The van der Waals surface area contributed by atoms with Crippen molar-refractivity contribution >= 4 is 39.2 Å². The van der Waals surface area contributed by atoms with E-state index in [1.807, 2.05) is 42.5 Å². The van der Waals surface area contributed by atoms with Crippen molar-refractivity contribution in [3.05, 3.63) is 52.0 Å². The Labute approximate surface area is 136 Å². The van der Waals surface area contributed by atoms with Gasteiger partial charge in [-0.05, 0) is 42.0 Å². The molecule has 2 aromatic carbocycles. The normalized spacial score (nSPS) is 14.7. The summed E-state index contributed by atoms with van der Waals surface area (Å²) in [6.07, 6.45) is 1.84. The summed E-state index contributed by atoms with van der Waals surface area (Å²) in [5, 5.41) is 2.86. The molecule has 1 amide bonds. The summed E-state index contributed by atoms with van der Waals surface area (Å²) in [6, 6.07) is 11.3. The molecule has 0 radical (unpaired) electrons. The van der Waals surface area contributed by atoms with Gasteiger partial charge < -0.3 is 14.8 Å². The smallest absolute Gasteiger partial charge is 0.256 e. The molecule has 0 aliphatic carbocycles. The van der Waals surface area contributed by atoms with E-state index < -0.39 is 0 Å². The van der Waals surface area contributed by atoms with E-state index in [0.717, 1.165) is 21.3 Å². The minimum atomic E-state index is -0.108. The van der Waals surface area contributed by atoms with E-state index in [1.54, 1.807) is 14.2 Å². The monoisotopic (exact) mass is 359 g/mol. The second-order valence-electron chi connectivity index (χ2n) is 4.82. The summed E-state index contributed by atoms with van der Waals surface area (Å²) in [5.41, 5.74) is 3.20. The zero-order chi connectivity index (χ0) is 15.7. The predicted octanol–water partition coefficient (Wildman–Crippen LogP) is 3.96. The number of fused-ring (bicyclic) bond motifs is 1. The molecular weight excluding hydrogens is 346 g/mol. The molecule has 0 fully saturated rings. The first-order chi connectivity index (χ1) is 10.6. The molecule has 22 heavy (non-hydrogen) atoms. The van der Waals surface area contributed by atoms with Crippen LogP contribution < -0.4 is 14.8 Å². The van der Waals surface area contributed by atoms with E-state index >= 15 is 0 Å². The van der Waals surface area contributed by atoms with Gasteiger partial charge >= 0.3 is 0 Å². The van der Waals surface area contributed by atoms with Gasteiger partial charge in [0, 0.05) is 21.3 Å². The van der Waals surface area contributed by atoms with Gasteiger partial charge in [0.2, 0.25) is 0 Å². The fourth-order valence-electron chi connectivity index (χ4n) is 2.41. The highest BCUT2D eigenvalue weighted by Gasteiger charge is 2.24. The van der Waals surface area contributed by atoms with Crippen molar-refractivity contribution in [1.29, 1.82) is 0 Å². The van der Waals surface area contributed by atoms with E-state index in [1.165, 1.54) is 0 Å². The highest BCUT2D eigenvalue weighted by Crippen LogP contribution is 2.36. The Bertz CT molecular complexity index is 783. The minimum Gasteiger partial charge on any atom is -0.493 e. The van der Waals surface area contributed by atoms with Crippen LogP contribution in [0.1, 0.15) is 11.1 Å². The van der Waals surface area contributed by atoms with Crippen LogP contribution in [0.4, 0.5) is 5.69 Å². The molecule has 1 aliphatic heterocycles. The third-order valence-corrected chi connectivity index (χ3v) is 3.98. The number of anilines is 1. The lowest BCUT2D eigenvalue weighted by molar-refractivity contribution is -0.110. The summed E-state index contributed by atoms with van der Waals surface area (Å²) < 4.78 is 11.4.